The van der Waals surface area contributed by atoms with Gasteiger partial charge in [0.05, 0.1) is 5.56 Å². The number of pyridine rings is 1. The number of nitrogens with one attached hydrogen (secondary N) is 1. The van der Waals surface area contributed by atoms with Gasteiger partial charge in [-0.15, -0.1) is 0 Å². The molecule has 1 aromatic carbocycles. The lowest BCUT2D eigenvalue weighted by atomic mass is 10.1. The second-order valence-corrected chi connectivity index (χ2v) is 6.50. The van der Waals surface area contributed by atoms with Crippen LogP contribution in [0, 0.1) is 6.92 Å². The second-order valence-electron chi connectivity index (χ2n) is 6.06. The van der Waals surface area contributed by atoms with Crippen molar-refractivity contribution >= 4 is 17.5 Å². The predicted molar refractivity (Wildman–Crippen MR) is 94.4 cm³/mol. The van der Waals surface area contributed by atoms with E-state index in [2.05, 4.69) is 16.0 Å². The Morgan fingerprint density at radius 3 is 2.58 bits per heavy atom. The lowest BCUT2D eigenvalue weighted by molar-refractivity contribution is 0.0627. The summed E-state index contributed by atoms with van der Waals surface area (Å²) < 4.78 is 0. The molecular formula is C18H20ClN3O2. The van der Waals surface area contributed by atoms with Crippen molar-refractivity contribution in [3.05, 3.63) is 68.6 Å². The molecule has 0 saturated carbocycles. The van der Waals surface area contributed by atoms with Crippen molar-refractivity contribution in [2.45, 2.75) is 13.5 Å². The first-order valence-electron chi connectivity index (χ1n) is 7.99. The molecule has 3 rings (SSSR count). The number of benzene rings is 1. The van der Waals surface area contributed by atoms with Crippen molar-refractivity contribution in [3.63, 3.8) is 0 Å². The highest BCUT2D eigenvalue weighted by Gasteiger charge is 2.23. The first-order valence-corrected chi connectivity index (χ1v) is 8.37. The molecule has 1 aromatic heterocycles. The monoisotopic (exact) mass is 345 g/mol. The molecule has 5 nitrogen and oxygen atoms in total. The number of aryl methyl sites for hydroxylation is 1. The SMILES string of the molecule is Cc1[nH]c(=O)ccc1C(=O)N1CCN(Cc2cccc(Cl)c2)CC1. The van der Waals surface area contributed by atoms with Crippen molar-refractivity contribution in [1.82, 2.24) is 14.8 Å². The fraction of sp³-hybridized carbons (Fsp3) is 0.333. The zero-order chi connectivity index (χ0) is 17.1. The standard InChI is InChI=1S/C18H20ClN3O2/c1-13-16(5-6-17(23)20-13)18(24)22-9-7-21(8-10-22)12-14-3-2-4-15(19)11-14/h2-6,11H,7-10,12H2,1H3,(H,20,23). The van der Waals surface area contributed by atoms with E-state index in [9.17, 15) is 9.59 Å². The smallest absolute Gasteiger partial charge is 0.255 e. The van der Waals surface area contributed by atoms with Gasteiger partial charge in [-0.05, 0) is 30.7 Å². The van der Waals surface area contributed by atoms with Crippen molar-refractivity contribution in [1.29, 1.82) is 0 Å². The van der Waals surface area contributed by atoms with Crippen molar-refractivity contribution in [2.24, 2.45) is 0 Å². The number of rotatable bonds is 3. The molecule has 2 heterocycles. The summed E-state index contributed by atoms with van der Waals surface area (Å²) in [6, 6.07) is 10.9. The zero-order valence-corrected chi connectivity index (χ0v) is 14.3. The van der Waals surface area contributed by atoms with Gasteiger partial charge < -0.3 is 9.88 Å². The maximum Gasteiger partial charge on any atom is 0.255 e. The van der Waals surface area contributed by atoms with E-state index in [4.69, 9.17) is 11.6 Å². The number of aromatic nitrogens is 1. The third-order valence-electron chi connectivity index (χ3n) is 4.30. The van der Waals surface area contributed by atoms with Gasteiger partial charge >= 0.3 is 0 Å². The van der Waals surface area contributed by atoms with E-state index in [1.807, 2.05) is 23.1 Å². The Kier molecular flexibility index (Phi) is 5.02. The molecule has 2 aromatic rings. The number of hydrogen-bond donors (Lipinski definition) is 1. The second kappa shape index (κ2) is 7.20. The van der Waals surface area contributed by atoms with Crippen molar-refractivity contribution in [3.8, 4) is 0 Å². The van der Waals surface area contributed by atoms with Gasteiger partial charge in [0.25, 0.3) is 5.91 Å². The quantitative estimate of drug-likeness (QED) is 0.928. The van der Waals surface area contributed by atoms with Crippen LogP contribution in [-0.2, 0) is 6.54 Å². The number of carbonyl (C=O) groups excluding carboxylic acids is 1. The number of aromatic amines is 1. The van der Waals surface area contributed by atoms with Gasteiger partial charge in [-0.2, -0.15) is 0 Å². The molecule has 24 heavy (non-hydrogen) atoms. The van der Waals surface area contributed by atoms with E-state index >= 15 is 0 Å². The molecule has 0 atom stereocenters. The first-order chi connectivity index (χ1) is 11.5. The Labute approximate surface area is 145 Å². The van der Waals surface area contributed by atoms with Crippen LogP contribution in [0.1, 0.15) is 21.6 Å². The highest BCUT2D eigenvalue weighted by Crippen LogP contribution is 2.15. The minimum absolute atomic E-state index is 0.0221. The van der Waals surface area contributed by atoms with E-state index < -0.39 is 0 Å². The summed E-state index contributed by atoms with van der Waals surface area (Å²) in [4.78, 5) is 30.7. The molecule has 1 fully saturated rings. The van der Waals surface area contributed by atoms with E-state index in [1.54, 1.807) is 13.0 Å². The Hall–Kier alpha value is -2.11. The summed E-state index contributed by atoms with van der Waals surface area (Å²) in [5, 5.41) is 0.745. The van der Waals surface area contributed by atoms with Gasteiger partial charge in [-0.25, -0.2) is 0 Å². The van der Waals surface area contributed by atoms with Gasteiger partial charge in [0.15, 0.2) is 0 Å². The molecule has 0 unspecified atom stereocenters. The molecule has 1 aliphatic rings. The first kappa shape index (κ1) is 16.7. The molecule has 0 spiro atoms. The van der Waals surface area contributed by atoms with Crippen LogP contribution < -0.4 is 5.56 Å². The summed E-state index contributed by atoms with van der Waals surface area (Å²) in [5.41, 5.74) is 2.18. The molecule has 1 saturated heterocycles. The van der Waals surface area contributed by atoms with Crippen LogP contribution in [0.2, 0.25) is 5.02 Å². The van der Waals surface area contributed by atoms with Crippen LogP contribution in [-0.4, -0.2) is 46.9 Å². The highest BCUT2D eigenvalue weighted by atomic mass is 35.5. The fourth-order valence-electron chi connectivity index (χ4n) is 2.98. The number of H-pyrrole nitrogens is 1. The Bertz CT molecular complexity index is 795. The van der Waals surface area contributed by atoms with Crippen LogP contribution in [0.25, 0.3) is 0 Å². The Morgan fingerprint density at radius 1 is 1.17 bits per heavy atom. The largest absolute Gasteiger partial charge is 0.336 e. The maximum atomic E-state index is 12.6. The predicted octanol–water partition coefficient (Wildman–Crippen LogP) is 2.29. The molecule has 6 heteroatoms. The zero-order valence-electron chi connectivity index (χ0n) is 13.6. The van der Waals surface area contributed by atoms with Crippen LogP contribution >= 0.6 is 11.6 Å². The molecule has 1 N–H and O–H groups in total. The Morgan fingerprint density at radius 2 is 1.92 bits per heavy atom. The molecule has 1 amide bonds. The summed E-state index contributed by atoms with van der Waals surface area (Å²) >= 11 is 6.02. The summed E-state index contributed by atoms with van der Waals surface area (Å²) in [7, 11) is 0. The van der Waals surface area contributed by atoms with Crippen LogP contribution in [0.3, 0.4) is 0 Å². The van der Waals surface area contributed by atoms with Gasteiger partial charge in [0.1, 0.15) is 0 Å². The average molecular weight is 346 g/mol. The molecule has 1 aliphatic heterocycles. The summed E-state index contributed by atoms with van der Waals surface area (Å²) in [5.74, 6) is -0.0221. The van der Waals surface area contributed by atoms with Gasteiger partial charge in [-0.1, -0.05) is 23.7 Å². The third-order valence-corrected chi connectivity index (χ3v) is 4.54. The van der Waals surface area contributed by atoms with Crippen molar-refractivity contribution < 1.29 is 4.79 Å². The molecule has 0 bridgehead atoms. The number of amides is 1. The van der Waals surface area contributed by atoms with Gasteiger partial charge in [0.2, 0.25) is 5.56 Å². The normalized spacial score (nSPS) is 15.5. The lowest BCUT2D eigenvalue weighted by Gasteiger charge is -2.35. The fourth-order valence-corrected chi connectivity index (χ4v) is 3.20. The van der Waals surface area contributed by atoms with E-state index in [0.29, 0.717) is 24.3 Å². The molecule has 0 radical (unpaired) electrons. The number of carbonyl (C=O) groups is 1. The number of halogens is 1. The average Bonchev–Trinajstić information content (AvgIpc) is 2.55. The van der Waals surface area contributed by atoms with E-state index in [1.165, 1.54) is 11.6 Å². The highest BCUT2D eigenvalue weighted by molar-refractivity contribution is 6.30. The molecule has 0 aliphatic carbocycles. The van der Waals surface area contributed by atoms with E-state index in [-0.39, 0.29) is 11.5 Å². The van der Waals surface area contributed by atoms with Crippen LogP contribution in [0.4, 0.5) is 0 Å². The number of piperazine rings is 1. The minimum atomic E-state index is -0.185. The summed E-state index contributed by atoms with van der Waals surface area (Å²) in [6.45, 7) is 5.58. The van der Waals surface area contributed by atoms with Crippen LogP contribution in [0.15, 0.2) is 41.2 Å². The molecule has 126 valence electrons. The topological polar surface area (TPSA) is 56.4 Å². The minimum Gasteiger partial charge on any atom is -0.336 e. The van der Waals surface area contributed by atoms with E-state index in [0.717, 1.165) is 24.7 Å². The van der Waals surface area contributed by atoms with Gasteiger partial charge in [-0.3, -0.25) is 14.5 Å². The van der Waals surface area contributed by atoms with Crippen molar-refractivity contribution in [2.75, 3.05) is 26.2 Å². The Balaban J connectivity index is 1.60. The number of nitrogens with zero attached hydrogens (tertiary/aromatic N) is 2. The number of hydrogen-bond acceptors (Lipinski definition) is 3. The molecular weight excluding hydrogens is 326 g/mol. The maximum absolute atomic E-state index is 12.6. The lowest BCUT2D eigenvalue weighted by Crippen LogP contribution is -2.48. The van der Waals surface area contributed by atoms with Crippen LogP contribution in [0.5, 0.6) is 0 Å². The third kappa shape index (κ3) is 3.86. The summed E-state index contributed by atoms with van der Waals surface area (Å²) in [6.07, 6.45) is 0. The van der Waals surface area contributed by atoms with Gasteiger partial charge in [0, 0.05) is 49.5 Å².